The molecule has 1 unspecified atom stereocenters. The van der Waals surface area contributed by atoms with Crippen LogP contribution in [-0.4, -0.2) is 94.2 Å². The van der Waals surface area contributed by atoms with Crippen LogP contribution in [0.25, 0.3) is 21.6 Å². The fourth-order valence-electron chi connectivity index (χ4n) is 8.16. The Kier molecular flexibility index (Phi) is 11.4. The SMILES string of the molecule is COc1ccc2c(OC3C[C@H]4C(=O)N[C@]5(C(=O)NS(=O)(=O)C6(C)CC6)C[C@H]5/C=C\CCCCC[C@H](NC(=O)c5ccon5)C(=O)N4C3)cc(-c3nc(C(C)C)cs3)nc2c1C. The molecule has 16 nitrogen and oxygen atoms in total. The Hall–Kier alpha value is -5.36. The third kappa shape index (κ3) is 8.35. The molecule has 324 valence electrons. The van der Waals surface area contributed by atoms with E-state index >= 15 is 0 Å². The summed E-state index contributed by atoms with van der Waals surface area (Å²) in [5.41, 5.74) is 1.41. The minimum absolute atomic E-state index is 0.00142. The van der Waals surface area contributed by atoms with Gasteiger partial charge in [0.15, 0.2) is 5.69 Å². The van der Waals surface area contributed by atoms with Crippen LogP contribution in [-0.2, 0) is 24.4 Å². The van der Waals surface area contributed by atoms with Gasteiger partial charge in [-0.05, 0) is 70.4 Å². The number of fused-ring (bicyclic) bond motifs is 3. The van der Waals surface area contributed by atoms with Crippen LogP contribution in [0.15, 0.2) is 52.6 Å². The second kappa shape index (κ2) is 16.5. The van der Waals surface area contributed by atoms with Gasteiger partial charge < -0.3 is 29.5 Å². The van der Waals surface area contributed by atoms with Crippen LogP contribution in [0.2, 0.25) is 0 Å². The molecule has 2 aliphatic heterocycles. The first-order valence-corrected chi connectivity index (χ1v) is 23.2. The number of methoxy groups -OCH3 is 1. The van der Waals surface area contributed by atoms with Crippen molar-refractivity contribution in [2.45, 2.75) is 120 Å². The third-order valence-corrected chi connectivity index (χ3v) is 15.5. The zero-order valence-corrected chi connectivity index (χ0v) is 36.5. The Morgan fingerprint density at radius 1 is 1.10 bits per heavy atom. The quantitative estimate of drug-likeness (QED) is 0.173. The molecule has 4 aromatic rings. The minimum atomic E-state index is -4.02. The molecule has 5 atom stereocenters. The number of amides is 4. The van der Waals surface area contributed by atoms with Gasteiger partial charge in [-0.3, -0.25) is 23.9 Å². The van der Waals surface area contributed by atoms with Crippen molar-refractivity contribution in [3.63, 3.8) is 0 Å². The lowest BCUT2D eigenvalue weighted by Crippen LogP contribution is -2.58. The number of hydrogen-bond donors (Lipinski definition) is 3. The normalized spacial score (nSPS) is 25.7. The molecule has 0 bridgehead atoms. The summed E-state index contributed by atoms with van der Waals surface area (Å²) < 4.78 is 45.1. The first-order valence-electron chi connectivity index (χ1n) is 20.8. The lowest BCUT2D eigenvalue weighted by Gasteiger charge is -2.30. The van der Waals surface area contributed by atoms with E-state index in [0.717, 1.165) is 24.1 Å². The fraction of sp³-hybridized carbons (Fsp3) is 0.512. The Morgan fingerprint density at radius 2 is 1.90 bits per heavy atom. The molecular formula is C43H51N7O9S2. The van der Waals surface area contributed by atoms with E-state index in [1.807, 2.05) is 42.7 Å². The summed E-state index contributed by atoms with van der Waals surface area (Å²) in [5, 5.41) is 12.9. The summed E-state index contributed by atoms with van der Waals surface area (Å²) in [7, 11) is -2.43. The van der Waals surface area contributed by atoms with Gasteiger partial charge in [-0.15, -0.1) is 11.3 Å². The monoisotopic (exact) mass is 873 g/mol. The maximum absolute atomic E-state index is 14.8. The molecule has 3 N–H and O–H groups in total. The highest BCUT2D eigenvalue weighted by Crippen LogP contribution is 2.48. The number of benzene rings is 1. The van der Waals surface area contributed by atoms with E-state index in [2.05, 4.69) is 34.4 Å². The lowest BCUT2D eigenvalue weighted by molar-refractivity contribution is -0.141. The molecule has 18 heteroatoms. The highest BCUT2D eigenvalue weighted by molar-refractivity contribution is 7.91. The van der Waals surface area contributed by atoms with E-state index in [0.29, 0.717) is 65.2 Å². The summed E-state index contributed by atoms with van der Waals surface area (Å²) in [6.45, 7) is 7.60. The molecule has 61 heavy (non-hydrogen) atoms. The van der Waals surface area contributed by atoms with Crippen molar-refractivity contribution in [1.29, 1.82) is 0 Å². The summed E-state index contributed by atoms with van der Waals surface area (Å²) >= 11 is 1.47. The Morgan fingerprint density at radius 3 is 2.61 bits per heavy atom. The first kappa shape index (κ1) is 42.3. The van der Waals surface area contributed by atoms with Gasteiger partial charge in [0.05, 0.1) is 29.6 Å². The van der Waals surface area contributed by atoms with Crippen molar-refractivity contribution < 1.29 is 41.6 Å². The minimum Gasteiger partial charge on any atom is -0.496 e. The van der Waals surface area contributed by atoms with Crippen LogP contribution < -0.4 is 24.8 Å². The van der Waals surface area contributed by atoms with Gasteiger partial charge in [-0.1, -0.05) is 44.0 Å². The Labute approximate surface area is 358 Å². The summed E-state index contributed by atoms with van der Waals surface area (Å²) in [6.07, 6.45) is 8.50. The van der Waals surface area contributed by atoms with Crippen molar-refractivity contribution >= 4 is 55.9 Å². The number of aromatic nitrogens is 3. The van der Waals surface area contributed by atoms with Crippen molar-refractivity contribution in [3.05, 3.63) is 65.0 Å². The van der Waals surface area contributed by atoms with Crippen molar-refractivity contribution in [3.8, 4) is 22.2 Å². The van der Waals surface area contributed by atoms with Gasteiger partial charge in [0.2, 0.25) is 21.8 Å². The number of nitrogens with zero attached hydrogens (tertiary/aromatic N) is 4. The first-order chi connectivity index (χ1) is 29.1. The number of ether oxygens (including phenoxy) is 2. The predicted octanol–water partition coefficient (Wildman–Crippen LogP) is 5.33. The molecule has 3 fully saturated rings. The topological polar surface area (TPSA) is 212 Å². The lowest BCUT2D eigenvalue weighted by atomic mass is 10.0. The number of rotatable bonds is 10. The van der Waals surface area contributed by atoms with Crippen LogP contribution in [0.1, 0.15) is 106 Å². The number of allylic oxidation sites excluding steroid dienone is 1. The molecule has 1 saturated heterocycles. The molecule has 0 radical (unpaired) electrons. The number of pyridine rings is 1. The number of carbonyl (C=O) groups is 4. The molecule has 4 aliphatic rings. The molecule has 2 saturated carbocycles. The summed E-state index contributed by atoms with van der Waals surface area (Å²) in [6, 6.07) is 4.72. The van der Waals surface area contributed by atoms with E-state index in [-0.39, 0.29) is 31.0 Å². The van der Waals surface area contributed by atoms with Crippen molar-refractivity contribution in [2.75, 3.05) is 13.7 Å². The number of thiazole rings is 1. The van der Waals surface area contributed by atoms with Gasteiger partial charge in [0, 0.05) is 40.8 Å². The largest absolute Gasteiger partial charge is 0.496 e. The summed E-state index contributed by atoms with van der Waals surface area (Å²) in [5.74, 6) is -1.70. The number of hydrogen-bond acceptors (Lipinski definition) is 13. The maximum atomic E-state index is 14.8. The fourth-order valence-corrected chi connectivity index (χ4v) is 10.4. The number of carbonyl (C=O) groups excluding carboxylic acids is 4. The smallest absolute Gasteiger partial charge is 0.274 e. The zero-order valence-electron chi connectivity index (χ0n) is 34.9. The number of aryl methyl sites for hydroxylation is 1. The van der Waals surface area contributed by atoms with E-state index in [1.165, 1.54) is 28.6 Å². The molecular weight excluding hydrogens is 823 g/mol. The second-order valence-electron chi connectivity index (χ2n) is 17.1. The molecule has 1 aromatic carbocycles. The van der Waals surface area contributed by atoms with Gasteiger partial charge in [-0.25, -0.2) is 18.4 Å². The van der Waals surface area contributed by atoms with E-state index in [9.17, 15) is 27.6 Å². The standard InChI is InChI=1S/C43H51N7O9S2/c1-24(2)32-23-60-39(46-32)31-20-35(28-13-14-34(57-5)25(3)36(28)44-31)59-27-19-33-38(52)47-43(41(54)49-61(55,56)42(4)16-17-42)21-26(43)11-9-7-6-8-10-12-30(40(53)50(33)22-27)45-37(51)29-15-18-58-48-29/h9,11,13-15,18,20,23-24,26-27,30,33H,6-8,10,12,16-17,19,21-22H2,1-5H3,(H,45,51)(H,47,52)(H,49,54)/b11-9-/t26-,27?,30+,33+,43-/m1/s1. The van der Waals surface area contributed by atoms with Crippen molar-refractivity contribution in [2.24, 2.45) is 5.92 Å². The number of nitrogens with one attached hydrogen (secondary N) is 3. The molecule has 3 aromatic heterocycles. The predicted molar refractivity (Wildman–Crippen MR) is 226 cm³/mol. The maximum Gasteiger partial charge on any atom is 0.274 e. The van der Waals surface area contributed by atoms with Crippen molar-refractivity contribution in [1.82, 2.24) is 35.4 Å². The van der Waals surface area contributed by atoms with Crippen LogP contribution in [0.4, 0.5) is 0 Å². The molecule has 4 amide bonds. The van der Waals surface area contributed by atoms with Gasteiger partial charge in [-0.2, -0.15) is 0 Å². The number of sulfonamides is 1. The van der Waals surface area contributed by atoms with E-state index < -0.39 is 68.0 Å². The average molecular weight is 874 g/mol. The van der Waals surface area contributed by atoms with Gasteiger partial charge in [0.1, 0.15) is 52.2 Å². The third-order valence-electron chi connectivity index (χ3n) is 12.4. The highest BCUT2D eigenvalue weighted by Gasteiger charge is 2.63. The van der Waals surface area contributed by atoms with Crippen LogP contribution in [0.3, 0.4) is 0 Å². The zero-order chi connectivity index (χ0) is 43.3. The Bertz CT molecular complexity index is 2500. The van der Waals surface area contributed by atoms with Gasteiger partial charge >= 0.3 is 0 Å². The second-order valence-corrected chi connectivity index (χ2v) is 20.2. The average Bonchev–Trinajstić information content (AvgIpc) is 3.80. The Balaban J connectivity index is 1.15. The molecule has 0 spiro atoms. The molecule has 8 rings (SSSR count). The van der Waals surface area contributed by atoms with Crippen LogP contribution >= 0.6 is 11.3 Å². The molecule has 2 aliphatic carbocycles. The highest BCUT2D eigenvalue weighted by atomic mass is 32.2. The summed E-state index contributed by atoms with van der Waals surface area (Å²) in [4.78, 5) is 68.0. The van der Waals surface area contributed by atoms with Crippen LogP contribution in [0.5, 0.6) is 11.5 Å². The molecule has 5 heterocycles. The van der Waals surface area contributed by atoms with Gasteiger partial charge in [0.25, 0.3) is 11.8 Å². The van der Waals surface area contributed by atoms with Crippen LogP contribution in [0, 0.1) is 12.8 Å². The van der Waals surface area contributed by atoms with E-state index in [4.69, 9.17) is 24.0 Å². The van der Waals surface area contributed by atoms with E-state index in [1.54, 1.807) is 14.0 Å².